The predicted molar refractivity (Wildman–Crippen MR) is 54.9 cm³/mol. The molecule has 0 spiro atoms. The summed E-state index contributed by atoms with van der Waals surface area (Å²) in [6, 6.07) is 0. The summed E-state index contributed by atoms with van der Waals surface area (Å²) >= 11 is 0. The summed E-state index contributed by atoms with van der Waals surface area (Å²) in [5.74, 6) is 0.390. The van der Waals surface area contributed by atoms with Crippen molar-refractivity contribution >= 4 is 11.8 Å². The summed E-state index contributed by atoms with van der Waals surface area (Å²) in [5, 5.41) is 0. The number of ketones is 1. The second kappa shape index (κ2) is 6.57. The van der Waals surface area contributed by atoms with Crippen LogP contribution in [0.1, 0.15) is 40.0 Å². The highest BCUT2D eigenvalue weighted by Crippen LogP contribution is 2.13. The Morgan fingerprint density at radius 2 is 1.79 bits per heavy atom. The Morgan fingerprint density at radius 1 is 1.21 bits per heavy atom. The number of hydrogen-bond acceptors (Lipinski definition) is 3. The topological polar surface area (TPSA) is 43.4 Å². The van der Waals surface area contributed by atoms with Gasteiger partial charge in [0.15, 0.2) is 0 Å². The molecular weight excluding hydrogens is 180 g/mol. The molecule has 0 heterocycles. The van der Waals surface area contributed by atoms with Crippen molar-refractivity contribution in [3.8, 4) is 0 Å². The average Bonchev–Trinajstić information content (AvgIpc) is 2.13. The minimum absolute atomic E-state index is 0.0975. The Balaban J connectivity index is 3.68. The molecule has 1 unspecified atom stereocenters. The second-order valence-electron chi connectivity index (χ2n) is 4.05. The van der Waals surface area contributed by atoms with Crippen LogP contribution in [0.5, 0.6) is 0 Å². The van der Waals surface area contributed by atoms with Crippen molar-refractivity contribution in [1.82, 2.24) is 0 Å². The lowest BCUT2D eigenvalue weighted by Crippen LogP contribution is -2.11. The highest BCUT2D eigenvalue weighted by atomic mass is 16.5. The summed E-state index contributed by atoms with van der Waals surface area (Å²) in [6.07, 6.45) is 1.74. The fourth-order valence-corrected chi connectivity index (χ4v) is 1.15. The van der Waals surface area contributed by atoms with E-state index in [1.54, 1.807) is 0 Å². The zero-order valence-corrected chi connectivity index (χ0v) is 9.50. The van der Waals surface area contributed by atoms with Crippen LogP contribution in [-0.2, 0) is 14.3 Å². The third-order valence-corrected chi connectivity index (χ3v) is 2.27. The predicted octanol–water partition coefficient (Wildman–Crippen LogP) is 2.19. The van der Waals surface area contributed by atoms with Crippen LogP contribution in [0, 0.1) is 11.8 Å². The first kappa shape index (κ1) is 13.1. The fraction of sp³-hybridized carbons (Fsp3) is 0.818. The highest BCUT2D eigenvalue weighted by molar-refractivity contribution is 5.80. The van der Waals surface area contributed by atoms with Gasteiger partial charge in [-0.15, -0.1) is 0 Å². The van der Waals surface area contributed by atoms with E-state index in [0.717, 1.165) is 6.42 Å². The molecule has 0 aliphatic rings. The van der Waals surface area contributed by atoms with E-state index in [1.807, 2.05) is 20.8 Å². The van der Waals surface area contributed by atoms with Crippen LogP contribution in [0.3, 0.4) is 0 Å². The molecule has 0 aromatic rings. The van der Waals surface area contributed by atoms with Crippen LogP contribution >= 0.6 is 0 Å². The summed E-state index contributed by atoms with van der Waals surface area (Å²) in [4.78, 5) is 22.2. The van der Waals surface area contributed by atoms with Crippen molar-refractivity contribution in [2.75, 3.05) is 7.11 Å². The maximum Gasteiger partial charge on any atom is 0.305 e. The maximum atomic E-state index is 11.3. The smallest absolute Gasteiger partial charge is 0.305 e. The van der Waals surface area contributed by atoms with Crippen molar-refractivity contribution in [1.29, 1.82) is 0 Å². The molecule has 0 radical (unpaired) electrons. The van der Waals surface area contributed by atoms with Gasteiger partial charge in [-0.3, -0.25) is 9.59 Å². The standard InChI is InChI=1S/C11H20O3/c1-8(2)10(12)6-5-9(3)7-11(13)14-4/h8-9H,5-7H2,1-4H3. The van der Waals surface area contributed by atoms with Gasteiger partial charge in [-0.25, -0.2) is 0 Å². The van der Waals surface area contributed by atoms with Gasteiger partial charge in [-0.1, -0.05) is 20.8 Å². The third kappa shape index (κ3) is 5.73. The number of rotatable bonds is 6. The molecule has 3 heteroatoms. The number of hydrogen-bond donors (Lipinski definition) is 0. The summed E-state index contributed by atoms with van der Waals surface area (Å²) in [7, 11) is 1.38. The van der Waals surface area contributed by atoms with Crippen molar-refractivity contribution in [2.45, 2.75) is 40.0 Å². The van der Waals surface area contributed by atoms with Gasteiger partial charge in [0.1, 0.15) is 5.78 Å². The summed E-state index contributed by atoms with van der Waals surface area (Å²) in [6.45, 7) is 5.76. The van der Waals surface area contributed by atoms with Crippen molar-refractivity contribution in [3.05, 3.63) is 0 Å². The van der Waals surface area contributed by atoms with Gasteiger partial charge < -0.3 is 4.74 Å². The van der Waals surface area contributed by atoms with E-state index in [9.17, 15) is 9.59 Å². The molecule has 3 nitrogen and oxygen atoms in total. The largest absolute Gasteiger partial charge is 0.469 e. The minimum atomic E-state index is -0.200. The quantitative estimate of drug-likeness (QED) is 0.617. The molecule has 0 saturated carbocycles. The van der Waals surface area contributed by atoms with Gasteiger partial charge in [-0.05, 0) is 12.3 Å². The lowest BCUT2D eigenvalue weighted by Gasteiger charge is -2.10. The number of carbonyl (C=O) groups is 2. The molecule has 0 aromatic heterocycles. The molecule has 0 aliphatic carbocycles. The van der Waals surface area contributed by atoms with E-state index in [-0.39, 0.29) is 23.6 Å². The Labute approximate surface area is 85.8 Å². The molecule has 0 fully saturated rings. The first-order chi connectivity index (χ1) is 6.47. The van der Waals surface area contributed by atoms with Gasteiger partial charge in [0.05, 0.1) is 7.11 Å². The van der Waals surface area contributed by atoms with E-state index in [4.69, 9.17) is 0 Å². The molecule has 0 saturated heterocycles. The lowest BCUT2D eigenvalue weighted by atomic mass is 9.96. The molecule has 0 aliphatic heterocycles. The molecule has 0 bridgehead atoms. The zero-order chi connectivity index (χ0) is 11.1. The normalized spacial score (nSPS) is 12.6. The van der Waals surface area contributed by atoms with Gasteiger partial charge >= 0.3 is 5.97 Å². The first-order valence-corrected chi connectivity index (χ1v) is 5.06. The van der Waals surface area contributed by atoms with Crippen molar-refractivity contribution in [2.24, 2.45) is 11.8 Å². The van der Waals surface area contributed by atoms with Gasteiger partial charge in [0.2, 0.25) is 0 Å². The molecule has 0 N–H and O–H groups in total. The fourth-order valence-electron chi connectivity index (χ4n) is 1.15. The number of esters is 1. The van der Waals surface area contributed by atoms with Crippen LogP contribution in [0.2, 0.25) is 0 Å². The van der Waals surface area contributed by atoms with Crippen LogP contribution in [0.15, 0.2) is 0 Å². The molecule has 0 aromatic carbocycles. The van der Waals surface area contributed by atoms with Crippen molar-refractivity contribution < 1.29 is 14.3 Å². The lowest BCUT2D eigenvalue weighted by molar-refractivity contribution is -0.141. The SMILES string of the molecule is COC(=O)CC(C)CCC(=O)C(C)C. The van der Waals surface area contributed by atoms with E-state index < -0.39 is 0 Å². The number of Topliss-reactive ketones (excluding diaryl/α,β-unsaturated/α-hetero) is 1. The summed E-state index contributed by atoms with van der Waals surface area (Å²) in [5.41, 5.74) is 0. The number of ether oxygens (including phenoxy) is 1. The molecule has 1 atom stereocenters. The monoisotopic (exact) mass is 200 g/mol. The number of methoxy groups -OCH3 is 1. The first-order valence-electron chi connectivity index (χ1n) is 5.06. The van der Waals surface area contributed by atoms with Crippen LogP contribution in [0.4, 0.5) is 0 Å². The van der Waals surface area contributed by atoms with Crippen LogP contribution < -0.4 is 0 Å². The minimum Gasteiger partial charge on any atom is -0.469 e. The van der Waals surface area contributed by atoms with E-state index >= 15 is 0 Å². The third-order valence-electron chi connectivity index (χ3n) is 2.27. The van der Waals surface area contributed by atoms with E-state index in [2.05, 4.69) is 4.74 Å². The second-order valence-corrected chi connectivity index (χ2v) is 4.05. The molecular formula is C11H20O3. The van der Waals surface area contributed by atoms with Crippen LogP contribution in [0.25, 0.3) is 0 Å². The van der Waals surface area contributed by atoms with E-state index in [0.29, 0.717) is 12.8 Å². The Morgan fingerprint density at radius 3 is 2.21 bits per heavy atom. The Hall–Kier alpha value is -0.860. The molecule has 82 valence electrons. The molecule has 0 amide bonds. The Bertz CT molecular complexity index is 197. The zero-order valence-electron chi connectivity index (χ0n) is 9.50. The van der Waals surface area contributed by atoms with E-state index in [1.165, 1.54) is 7.11 Å². The Kier molecular flexibility index (Phi) is 6.17. The molecule has 0 rings (SSSR count). The summed E-state index contributed by atoms with van der Waals surface area (Å²) < 4.78 is 4.55. The average molecular weight is 200 g/mol. The van der Waals surface area contributed by atoms with Crippen molar-refractivity contribution in [3.63, 3.8) is 0 Å². The number of carbonyl (C=O) groups excluding carboxylic acids is 2. The highest BCUT2D eigenvalue weighted by Gasteiger charge is 2.12. The van der Waals surface area contributed by atoms with Gasteiger partial charge in [0, 0.05) is 18.8 Å². The van der Waals surface area contributed by atoms with Gasteiger partial charge in [0.25, 0.3) is 0 Å². The molecule has 14 heavy (non-hydrogen) atoms. The maximum absolute atomic E-state index is 11.3. The van der Waals surface area contributed by atoms with Gasteiger partial charge in [-0.2, -0.15) is 0 Å². The van der Waals surface area contributed by atoms with Crippen LogP contribution in [-0.4, -0.2) is 18.9 Å².